The average molecular weight is 517 g/mol. The number of amides is 2. The first-order valence-corrected chi connectivity index (χ1v) is 12.6. The maximum absolute atomic E-state index is 14.3. The Balaban J connectivity index is 1.49. The summed E-state index contributed by atoms with van der Waals surface area (Å²) in [5.41, 5.74) is 2.98. The van der Waals surface area contributed by atoms with Gasteiger partial charge in [0, 0.05) is 56.9 Å². The first-order valence-electron chi connectivity index (χ1n) is 12.6. The number of aromatic nitrogens is 1. The third-order valence-corrected chi connectivity index (χ3v) is 7.50. The van der Waals surface area contributed by atoms with E-state index in [-0.39, 0.29) is 11.8 Å². The van der Waals surface area contributed by atoms with Gasteiger partial charge in [0.05, 0.1) is 33.3 Å². The highest BCUT2D eigenvalue weighted by molar-refractivity contribution is 6.02. The summed E-state index contributed by atoms with van der Waals surface area (Å²) in [7, 11) is 6.47. The Bertz CT molecular complexity index is 1310. The van der Waals surface area contributed by atoms with Crippen molar-refractivity contribution in [2.45, 2.75) is 12.0 Å². The number of likely N-dealkylation sites (N-methyl/N-ethyl adjacent to an activating group) is 1. The summed E-state index contributed by atoms with van der Waals surface area (Å²) in [6, 6.07) is 14.6. The lowest BCUT2D eigenvalue weighted by atomic mass is 9.79. The molecule has 0 saturated carbocycles. The Morgan fingerprint density at radius 1 is 0.921 bits per heavy atom. The monoisotopic (exact) mass is 516 g/mol. The third-order valence-electron chi connectivity index (χ3n) is 7.50. The number of piperazine rings is 1. The van der Waals surface area contributed by atoms with Crippen molar-refractivity contribution in [3.63, 3.8) is 0 Å². The predicted octanol–water partition coefficient (Wildman–Crippen LogP) is 3.37. The van der Waals surface area contributed by atoms with Gasteiger partial charge < -0.3 is 28.9 Å². The molecule has 2 amide bonds. The molecular weight excluding hydrogens is 484 g/mol. The van der Waals surface area contributed by atoms with Crippen LogP contribution in [-0.2, 0) is 4.79 Å². The van der Waals surface area contributed by atoms with Crippen LogP contribution in [0.1, 0.15) is 33.4 Å². The quantitative estimate of drug-likeness (QED) is 0.497. The molecular formula is C29H32N4O5. The third kappa shape index (κ3) is 4.49. The van der Waals surface area contributed by atoms with Crippen molar-refractivity contribution in [3.8, 4) is 17.2 Å². The zero-order valence-corrected chi connectivity index (χ0v) is 22.1. The van der Waals surface area contributed by atoms with E-state index in [1.165, 1.54) is 7.11 Å². The molecule has 9 nitrogen and oxygen atoms in total. The van der Waals surface area contributed by atoms with Crippen LogP contribution >= 0.6 is 0 Å². The van der Waals surface area contributed by atoms with Gasteiger partial charge in [0.2, 0.25) is 5.91 Å². The molecule has 1 aromatic heterocycles. The van der Waals surface area contributed by atoms with Crippen molar-refractivity contribution >= 4 is 17.5 Å². The number of carbonyl (C=O) groups excluding carboxylic acids is 2. The van der Waals surface area contributed by atoms with Gasteiger partial charge in [0.15, 0.2) is 11.5 Å². The standard InChI is InChI=1S/C29H32N4O5/c1-31-27(19-6-5-11-30-18-19)26(22-16-24(37-3)25(38-4)17-23(22)28(31)34)29(35)33-14-12-32(13-15-33)20-7-9-21(36-2)10-8-20/h5-11,16-18,26-27H,12-15H2,1-4H3. The molecule has 2 aliphatic rings. The lowest BCUT2D eigenvalue weighted by molar-refractivity contribution is -0.134. The van der Waals surface area contributed by atoms with E-state index in [1.807, 2.05) is 41.3 Å². The molecule has 0 radical (unpaired) electrons. The van der Waals surface area contributed by atoms with Gasteiger partial charge in [-0.2, -0.15) is 0 Å². The first kappa shape index (κ1) is 25.4. The summed E-state index contributed by atoms with van der Waals surface area (Å²) in [6.07, 6.45) is 3.41. The van der Waals surface area contributed by atoms with Crippen molar-refractivity contribution in [2.75, 3.05) is 59.5 Å². The molecule has 38 heavy (non-hydrogen) atoms. The molecule has 1 saturated heterocycles. The Labute approximate surface area is 222 Å². The Morgan fingerprint density at radius 3 is 2.21 bits per heavy atom. The molecule has 198 valence electrons. The van der Waals surface area contributed by atoms with E-state index >= 15 is 0 Å². The van der Waals surface area contributed by atoms with Gasteiger partial charge in [-0.3, -0.25) is 14.6 Å². The van der Waals surface area contributed by atoms with Crippen LogP contribution in [0.4, 0.5) is 5.69 Å². The maximum Gasteiger partial charge on any atom is 0.254 e. The molecule has 0 aliphatic carbocycles. The number of nitrogens with zero attached hydrogens (tertiary/aromatic N) is 4. The molecule has 2 atom stereocenters. The minimum atomic E-state index is -0.621. The summed E-state index contributed by atoms with van der Waals surface area (Å²) in [6.45, 7) is 2.55. The van der Waals surface area contributed by atoms with Gasteiger partial charge in [-0.15, -0.1) is 0 Å². The van der Waals surface area contributed by atoms with Crippen molar-refractivity contribution in [3.05, 3.63) is 77.6 Å². The minimum Gasteiger partial charge on any atom is -0.497 e. The first-order chi connectivity index (χ1) is 18.5. The predicted molar refractivity (Wildman–Crippen MR) is 143 cm³/mol. The fourth-order valence-corrected chi connectivity index (χ4v) is 5.46. The number of hydrogen-bond acceptors (Lipinski definition) is 7. The topological polar surface area (TPSA) is 84.4 Å². The lowest BCUT2D eigenvalue weighted by Crippen LogP contribution is -2.53. The van der Waals surface area contributed by atoms with E-state index in [1.54, 1.807) is 50.7 Å². The van der Waals surface area contributed by atoms with Gasteiger partial charge >= 0.3 is 0 Å². The van der Waals surface area contributed by atoms with Crippen LogP contribution in [0.5, 0.6) is 17.2 Å². The van der Waals surface area contributed by atoms with Gasteiger partial charge in [0.25, 0.3) is 5.91 Å². The Morgan fingerprint density at radius 2 is 1.61 bits per heavy atom. The molecule has 2 unspecified atom stereocenters. The van der Waals surface area contributed by atoms with Gasteiger partial charge in [0.1, 0.15) is 5.75 Å². The molecule has 0 N–H and O–H groups in total. The lowest BCUT2D eigenvalue weighted by Gasteiger charge is -2.43. The fraction of sp³-hybridized carbons (Fsp3) is 0.345. The van der Waals surface area contributed by atoms with Crippen molar-refractivity contribution in [1.82, 2.24) is 14.8 Å². The summed E-state index contributed by atoms with van der Waals surface area (Å²) in [5.74, 6) is 0.918. The van der Waals surface area contributed by atoms with Crippen molar-refractivity contribution in [2.24, 2.45) is 0 Å². The molecule has 1 fully saturated rings. The van der Waals surface area contributed by atoms with E-state index < -0.39 is 12.0 Å². The van der Waals surface area contributed by atoms with Gasteiger partial charge in [-0.1, -0.05) is 6.07 Å². The van der Waals surface area contributed by atoms with E-state index in [0.29, 0.717) is 48.8 Å². The molecule has 0 bridgehead atoms. The summed E-state index contributed by atoms with van der Waals surface area (Å²) in [5, 5.41) is 0. The maximum atomic E-state index is 14.3. The second-order valence-electron chi connectivity index (χ2n) is 9.43. The Kier molecular flexibility index (Phi) is 7.09. The highest BCUT2D eigenvalue weighted by Crippen LogP contribution is 2.46. The number of carbonyl (C=O) groups is 2. The summed E-state index contributed by atoms with van der Waals surface area (Å²) in [4.78, 5) is 37.9. The van der Waals surface area contributed by atoms with E-state index in [2.05, 4.69) is 9.88 Å². The second kappa shape index (κ2) is 10.6. The smallest absolute Gasteiger partial charge is 0.254 e. The molecule has 9 heteroatoms. The van der Waals surface area contributed by atoms with E-state index in [9.17, 15) is 9.59 Å². The summed E-state index contributed by atoms with van der Waals surface area (Å²) >= 11 is 0. The summed E-state index contributed by atoms with van der Waals surface area (Å²) < 4.78 is 16.3. The zero-order valence-electron chi connectivity index (χ0n) is 22.1. The van der Waals surface area contributed by atoms with Gasteiger partial charge in [-0.25, -0.2) is 0 Å². The van der Waals surface area contributed by atoms with E-state index in [4.69, 9.17) is 14.2 Å². The highest BCUT2D eigenvalue weighted by Gasteiger charge is 2.45. The number of anilines is 1. The van der Waals surface area contributed by atoms with E-state index in [0.717, 1.165) is 17.0 Å². The zero-order chi connectivity index (χ0) is 26.8. The SMILES string of the molecule is COc1ccc(N2CCN(C(=O)C3c4cc(OC)c(OC)cc4C(=O)N(C)C3c3cccnc3)CC2)cc1. The molecule has 5 rings (SSSR count). The minimum absolute atomic E-state index is 0.0268. The number of hydrogen-bond donors (Lipinski definition) is 0. The number of pyridine rings is 1. The molecule has 2 aromatic carbocycles. The fourth-order valence-electron chi connectivity index (χ4n) is 5.46. The Hall–Kier alpha value is -4.27. The number of rotatable bonds is 6. The number of fused-ring (bicyclic) bond motifs is 1. The molecule has 3 aromatic rings. The highest BCUT2D eigenvalue weighted by atomic mass is 16.5. The average Bonchev–Trinajstić information content (AvgIpc) is 2.98. The number of ether oxygens (including phenoxy) is 3. The largest absolute Gasteiger partial charge is 0.497 e. The molecule has 3 heterocycles. The van der Waals surface area contributed by atoms with Crippen molar-refractivity contribution in [1.29, 1.82) is 0 Å². The van der Waals surface area contributed by atoms with Crippen molar-refractivity contribution < 1.29 is 23.8 Å². The molecule has 0 spiro atoms. The van der Waals surface area contributed by atoms with Crippen LogP contribution in [0, 0.1) is 0 Å². The normalized spacial score (nSPS) is 19.2. The van der Waals surface area contributed by atoms with Gasteiger partial charge in [-0.05, 0) is 53.6 Å². The van der Waals surface area contributed by atoms with Crippen LogP contribution in [0.25, 0.3) is 0 Å². The number of methoxy groups -OCH3 is 3. The van der Waals surface area contributed by atoms with Crippen LogP contribution in [-0.4, -0.2) is 81.2 Å². The second-order valence-corrected chi connectivity index (χ2v) is 9.43. The van der Waals surface area contributed by atoms with Crippen LogP contribution in [0.3, 0.4) is 0 Å². The number of benzene rings is 2. The van der Waals surface area contributed by atoms with Crippen LogP contribution in [0.15, 0.2) is 60.9 Å². The van der Waals surface area contributed by atoms with Crippen LogP contribution in [0.2, 0.25) is 0 Å². The molecule has 2 aliphatic heterocycles. The van der Waals surface area contributed by atoms with Crippen LogP contribution < -0.4 is 19.1 Å².